The Labute approximate surface area is 137 Å². The Kier molecular flexibility index (Phi) is 5.38. The molecule has 22 heavy (non-hydrogen) atoms. The minimum atomic E-state index is -1.40. The van der Waals surface area contributed by atoms with Gasteiger partial charge in [0.25, 0.3) is 0 Å². The second-order valence-corrected chi connectivity index (χ2v) is 22.2. The van der Waals surface area contributed by atoms with E-state index >= 15 is 0 Å². The van der Waals surface area contributed by atoms with Gasteiger partial charge >= 0.3 is 0 Å². The van der Waals surface area contributed by atoms with Crippen LogP contribution in [0.3, 0.4) is 0 Å². The summed E-state index contributed by atoms with van der Waals surface area (Å²) in [5.41, 5.74) is 7.65. The second kappa shape index (κ2) is 7.08. The van der Waals surface area contributed by atoms with Gasteiger partial charge in [-0.25, -0.2) is 0 Å². The zero-order chi connectivity index (χ0) is 16.1. The van der Waals surface area contributed by atoms with Gasteiger partial charge in [-0.1, -0.05) is 110 Å². The molecule has 0 heterocycles. The molecule has 0 spiro atoms. The van der Waals surface area contributed by atoms with Crippen LogP contribution in [0.25, 0.3) is 12.2 Å². The van der Waals surface area contributed by atoms with Gasteiger partial charge in [0.1, 0.15) is 0 Å². The molecule has 0 saturated heterocycles. The molecule has 0 aliphatic carbocycles. The summed E-state index contributed by atoms with van der Waals surface area (Å²) in [7, 11) is -2.79. The van der Waals surface area contributed by atoms with Gasteiger partial charge in [-0.2, -0.15) is 0 Å². The number of hydrogen-bond acceptors (Lipinski definition) is 0. The highest BCUT2D eigenvalue weighted by Crippen LogP contribution is 2.23. The molecule has 0 N–H and O–H groups in total. The summed E-state index contributed by atoms with van der Waals surface area (Å²) >= 11 is 0. The summed E-state index contributed by atoms with van der Waals surface area (Å²) in [5, 5.41) is 0. The van der Waals surface area contributed by atoms with E-state index in [9.17, 15) is 0 Å². The first-order valence-electron chi connectivity index (χ1n) is 7.89. The molecule has 0 atom stereocenters. The zero-order valence-corrected chi connectivity index (χ0v) is 16.1. The van der Waals surface area contributed by atoms with Gasteiger partial charge in [0.05, 0.1) is 15.2 Å². The van der Waals surface area contributed by atoms with Crippen molar-refractivity contribution < 1.29 is 0 Å². The summed E-state index contributed by atoms with van der Waals surface area (Å²) in [6.45, 7) is 9.98. The molecular weight excluding hydrogens is 296 g/mol. The number of hydrogen-bond donors (Lipinski definition) is 0. The molecule has 2 aromatic rings. The largest absolute Gasteiger partial charge is 0.0961 e. The van der Waals surface area contributed by atoms with Crippen molar-refractivity contribution in [2.24, 2.45) is 0 Å². The first-order valence-corrected chi connectivity index (χ1v) is 15.0. The Morgan fingerprint density at radius 2 is 0.864 bits per heavy atom. The van der Waals surface area contributed by atoms with E-state index in [-0.39, 0.29) is 0 Å². The van der Waals surface area contributed by atoms with E-state index in [2.05, 4.69) is 110 Å². The van der Waals surface area contributed by atoms with Gasteiger partial charge in [0.15, 0.2) is 0 Å². The second-order valence-electron chi connectivity index (χ2n) is 6.93. The third-order valence-corrected chi connectivity index (χ3v) is 20.9. The molecule has 2 heteroatoms. The molecule has 0 amide bonds. The van der Waals surface area contributed by atoms with Crippen LogP contribution >= 0.6 is 0 Å². The maximum Gasteiger partial charge on any atom is 0.0693 e. The quantitative estimate of drug-likeness (QED) is 0.593. The molecule has 0 aromatic heterocycles. The third-order valence-electron chi connectivity index (χ3n) is 4.64. The average molecular weight is 323 g/mol. The van der Waals surface area contributed by atoms with Crippen LogP contribution in [-0.2, 0) is 0 Å². The lowest BCUT2D eigenvalue weighted by Crippen LogP contribution is -2.52. The third kappa shape index (κ3) is 4.42. The molecule has 0 unspecified atom stereocenters. The van der Waals surface area contributed by atoms with Crippen LogP contribution < -0.4 is 0 Å². The SMILES string of the molecule is C[Si](C)(C=Cc1ccccc1)[Si](C)(C)C=Cc1ccccc1. The van der Waals surface area contributed by atoms with Crippen LogP contribution in [0.2, 0.25) is 26.2 Å². The predicted octanol–water partition coefficient (Wildman–Crippen LogP) is 5.99. The smallest absolute Gasteiger partial charge is 0.0693 e. The highest BCUT2D eigenvalue weighted by Gasteiger charge is 2.36. The van der Waals surface area contributed by atoms with E-state index in [4.69, 9.17) is 0 Å². The number of rotatable bonds is 5. The fourth-order valence-electron chi connectivity index (χ4n) is 2.17. The first-order chi connectivity index (χ1) is 10.4. The monoisotopic (exact) mass is 322 g/mol. The van der Waals surface area contributed by atoms with Crippen LogP contribution in [-0.4, -0.2) is 15.2 Å². The Balaban J connectivity index is 2.16. The first kappa shape index (κ1) is 16.7. The maximum absolute atomic E-state index is 2.52. The van der Waals surface area contributed by atoms with Crippen molar-refractivity contribution >= 4 is 27.3 Å². The van der Waals surface area contributed by atoms with Gasteiger partial charge in [-0.3, -0.25) is 0 Å². The summed E-state index contributed by atoms with van der Waals surface area (Å²) < 4.78 is 0. The molecule has 2 aromatic carbocycles. The molecule has 0 radical (unpaired) electrons. The van der Waals surface area contributed by atoms with E-state index in [1.54, 1.807) is 0 Å². The summed E-state index contributed by atoms with van der Waals surface area (Å²) in [6, 6.07) is 21.3. The molecule has 0 aliphatic rings. The van der Waals surface area contributed by atoms with Gasteiger partial charge in [-0.15, -0.1) is 0 Å². The van der Waals surface area contributed by atoms with Crippen molar-refractivity contribution in [3.05, 3.63) is 83.2 Å². The van der Waals surface area contributed by atoms with Gasteiger partial charge in [0.2, 0.25) is 0 Å². The topological polar surface area (TPSA) is 0 Å². The van der Waals surface area contributed by atoms with E-state index in [0.717, 1.165) is 0 Å². The lowest BCUT2D eigenvalue weighted by molar-refractivity contribution is 1.66. The van der Waals surface area contributed by atoms with Crippen LogP contribution in [0.4, 0.5) is 0 Å². The Morgan fingerprint density at radius 3 is 1.18 bits per heavy atom. The van der Waals surface area contributed by atoms with Crippen molar-refractivity contribution in [1.82, 2.24) is 0 Å². The van der Waals surface area contributed by atoms with Gasteiger partial charge < -0.3 is 0 Å². The van der Waals surface area contributed by atoms with E-state index in [1.807, 2.05) is 0 Å². The molecule has 2 rings (SSSR count). The van der Waals surface area contributed by atoms with Crippen molar-refractivity contribution in [3.8, 4) is 0 Å². The van der Waals surface area contributed by atoms with Gasteiger partial charge in [0, 0.05) is 0 Å². The molecule has 0 nitrogen and oxygen atoms in total. The summed E-state index contributed by atoms with van der Waals surface area (Å²) in [4.78, 5) is 0. The lowest BCUT2D eigenvalue weighted by atomic mass is 10.2. The minimum Gasteiger partial charge on any atom is -0.0961 e. The molecule has 0 saturated carbocycles. The molecule has 0 fully saturated rings. The summed E-state index contributed by atoms with van der Waals surface area (Å²) in [6.07, 6.45) is 4.63. The van der Waals surface area contributed by atoms with Crippen molar-refractivity contribution in [3.63, 3.8) is 0 Å². The van der Waals surface area contributed by atoms with Crippen LogP contribution in [0.1, 0.15) is 11.1 Å². The molecule has 0 aliphatic heterocycles. The fraction of sp³-hybridized carbons (Fsp3) is 0.200. The van der Waals surface area contributed by atoms with E-state index in [1.165, 1.54) is 11.1 Å². The van der Waals surface area contributed by atoms with Crippen LogP contribution in [0.5, 0.6) is 0 Å². The Morgan fingerprint density at radius 1 is 0.545 bits per heavy atom. The zero-order valence-electron chi connectivity index (χ0n) is 14.1. The van der Waals surface area contributed by atoms with Gasteiger partial charge in [-0.05, 0) is 11.1 Å². The fourth-order valence-corrected chi connectivity index (χ4v) is 7.32. The minimum absolute atomic E-state index is 1.31. The Hall–Kier alpha value is -1.65. The maximum atomic E-state index is 2.52. The Bertz CT molecular complexity index is 578. The summed E-state index contributed by atoms with van der Waals surface area (Å²) in [5.74, 6) is 0. The van der Waals surface area contributed by atoms with E-state index < -0.39 is 15.2 Å². The van der Waals surface area contributed by atoms with Crippen LogP contribution in [0, 0.1) is 0 Å². The standard InChI is InChI=1S/C20H26Si2/c1-21(2,17-15-19-11-7-5-8-12-19)22(3,4)18-16-20-13-9-6-10-14-20/h5-18H,1-4H3. The highest BCUT2D eigenvalue weighted by atomic mass is 29.3. The molecule has 114 valence electrons. The molecular formula is C20H26Si2. The average Bonchev–Trinajstić information content (AvgIpc) is 2.53. The number of benzene rings is 2. The molecule has 0 bridgehead atoms. The van der Waals surface area contributed by atoms with Crippen molar-refractivity contribution in [2.45, 2.75) is 26.2 Å². The van der Waals surface area contributed by atoms with Crippen LogP contribution in [0.15, 0.2) is 72.1 Å². The van der Waals surface area contributed by atoms with Crippen molar-refractivity contribution in [2.75, 3.05) is 0 Å². The van der Waals surface area contributed by atoms with E-state index in [0.29, 0.717) is 0 Å². The predicted molar refractivity (Wildman–Crippen MR) is 106 cm³/mol. The van der Waals surface area contributed by atoms with Crippen molar-refractivity contribution in [1.29, 1.82) is 0 Å². The lowest BCUT2D eigenvalue weighted by Gasteiger charge is -2.33. The highest BCUT2D eigenvalue weighted by molar-refractivity contribution is 7.44. The normalized spacial score (nSPS) is 13.1.